The zero-order valence-electron chi connectivity index (χ0n) is 19.2. The number of hydrogen-bond acceptors (Lipinski definition) is 4. The van der Waals surface area contributed by atoms with Crippen molar-refractivity contribution >= 4 is 15.9 Å². The van der Waals surface area contributed by atoms with E-state index < -0.39 is 10.0 Å². The molecule has 0 saturated carbocycles. The third-order valence-corrected chi connectivity index (χ3v) is 8.35. The van der Waals surface area contributed by atoms with Crippen LogP contribution in [0.4, 0.5) is 0 Å². The van der Waals surface area contributed by atoms with Crippen LogP contribution in [0.25, 0.3) is 0 Å². The van der Waals surface area contributed by atoms with E-state index in [-0.39, 0.29) is 11.9 Å². The van der Waals surface area contributed by atoms with Crippen LogP contribution in [0, 0.1) is 19.8 Å². The summed E-state index contributed by atoms with van der Waals surface area (Å²) in [6.07, 6.45) is 2.66. The third kappa shape index (κ3) is 5.18. The Morgan fingerprint density at radius 3 is 2.39 bits per heavy atom. The summed E-state index contributed by atoms with van der Waals surface area (Å²) >= 11 is 0. The number of sulfonamides is 1. The van der Waals surface area contributed by atoms with E-state index in [4.69, 9.17) is 0 Å². The van der Waals surface area contributed by atoms with Gasteiger partial charge in [0.25, 0.3) is 5.91 Å². The molecule has 1 fully saturated rings. The normalized spacial score (nSPS) is 16.9. The van der Waals surface area contributed by atoms with E-state index in [9.17, 15) is 13.2 Å². The summed E-state index contributed by atoms with van der Waals surface area (Å²) in [7, 11) is -3.55. The van der Waals surface area contributed by atoms with Crippen LogP contribution in [0.2, 0.25) is 0 Å². The Morgan fingerprint density at radius 2 is 1.81 bits per heavy atom. The maximum atomic E-state index is 13.3. The van der Waals surface area contributed by atoms with E-state index in [1.54, 1.807) is 28.0 Å². The quantitative estimate of drug-likeness (QED) is 0.706. The van der Waals surface area contributed by atoms with Gasteiger partial charge in [-0.2, -0.15) is 9.40 Å². The molecule has 1 aromatic carbocycles. The minimum atomic E-state index is -3.55. The number of aromatic nitrogens is 2. The van der Waals surface area contributed by atoms with Gasteiger partial charge in [-0.1, -0.05) is 26.0 Å². The number of carbonyl (C=O) groups excluding carboxylic acids is 1. The van der Waals surface area contributed by atoms with Gasteiger partial charge in [-0.3, -0.25) is 9.48 Å². The highest BCUT2D eigenvalue weighted by molar-refractivity contribution is 7.89. The lowest BCUT2D eigenvalue weighted by molar-refractivity contribution is 0.0939. The highest BCUT2D eigenvalue weighted by atomic mass is 32.2. The molecular formula is C23H34N4O3S. The molecule has 1 N–H and O–H groups in total. The van der Waals surface area contributed by atoms with Gasteiger partial charge in [0.2, 0.25) is 10.0 Å². The Bertz CT molecular complexity index is 1020. The van der Waals surface area contributed by atoms with E-state index in [1.807, 2.05) is 32.9 Å². The molecule has 1 amide bonds. The van der Waals surface area contributed by atoms with Crippen molar-refractivity contribution in [1.29, 1.82) is 0 Å². The van der Waals surface area contributed by atoms with Crippen molar-refractivity contribution in [2.75, 3.05) is 13.1 Å². The summed E-state index contributed by atoms with van der Waals surface area (Å²) < 4.78 is 29.9. The highest BCUT2D eigenvalue weighted by Gasteiger charge is 2.32. The molecule has 1 aromatic heterocycles. The van der Waals surface area contributed by atoms with Gasteiger partial charge in [-0.25, -0.2) is 8.42 Å². The molecule has 2 heterocycles. The van der Waals surface area contributed by atoms with Gasteiger partial charge >= 0.3 is 0 Å². The Labute approximate surface area is 185 Å². The molecule has 1 saturated heterocycles. The molecule has 0 radical (unpaired) electrons. The van der Waals surface area contributed by atoms with Crippen LogP contribution in [-0.4, -0.2) is 47.5 Å². The smallest absolute Gasteiger partial charge is 0.251 e. The third-order valence-electron chi connectivity index (χ3n) is 6.19. The maximum Gasteiger partial charge on any atom is 0.251 e. The summed E-state index contributed by atoms with van der Waals surface area (Å²) in [4.78, 5) is 12.6. The minimum absolute atomic E-state index is 0.0868. The van der Waals surface area contributed by atoms with Crippen molar-refractivity contribution in [3.8, 4) is 0 Å². The lowest BCUT2D eigenvalue weighted by Gasteiger charge is -2.29. The average Bonchev–Trinajstić information content (AvgIpc) is 3.02. The minimum Gasteiger partial charge on any atom is -0.350 e. The molecule has 31 heavy (non-hydrogen) atoms. The standard InChI is InChI=1S/C23H34N4O3S/c1-6-17(3)24-23(28)21-9-7-20(8-10-21)15-27-19(5)22(18(4)25-27)31(29,30)26-13-11-16(2)12-14-26/h7-10,16-17H,6,11-15H2,1-5H3,(H,24,28)/t17-/m0/s1. The van der Waals surface area contributed by atoms with Crippen LogP contribution in [0.3, 0.4) is 0 Å². The summed E-state index contributed by atoms with van der Waals surface area (Å²) in [6.45, 7) is 11.3. The first kappa shape index (κ1) is 23.5. The second-order valence-corrected chi connectivity index (χ2v) is 10.6. The molecule has 1 aliphatic rings. The summed E-state index contributed by atoms with van der Waals surface area (Å²) in [6, 6.07) is 7.51. The monoisotopic (exact) mass is 446 g/mol. The summed E-state index contributed by atoms with van der Waals surface area (Å²) in [5.41, 5.74) is 2.75. The molecule has 1 aliphatic heterocycles. The van der Waals surface area contributed by atoms with Gasteiger partial charge in [0.15, 0.2) is 0 Å². The predicted octanol–water partition coefficient (Wildman–Crippen LogP) is 3.50. The van der Waals surface area contributed by atoms with E-state index in [1.165, 1.54) is 0 Å². The molecule has 1 atom stereocenters. The Kier molecular flexibility index (Phi) is 7.21. The van der Waals surface area contributed by atoms with Crippen molar-refractivity contribution in [1.82, 2.24) is 19.4 Å². The number of amides is 1. The maximum absolute atomic E-state index is 13.3. The van der Waals surface area contributed by atoms with Gasteiger partial charge in [-0.05, 0) is 63.6 Å². The van der Waals surface area contributed by atoms with Gasteiger partial charge in [0.05, 0.1) is 17.9 Å². The number of piperidine rings is 1. The largest absolute Gasteiger partial charge is 0.350 e. The Balaban J connectivity index is 1.77. The Hall–Kier alpha value is -2.19. The number of nitrogens with one attached hydrogen (secondary N) is 1. The molecule has 8 heteroatoms. The first-order chi connectivity index (χ1) is 14.6. The van der Waals surface area contributed by atoms with E-state index in [0.29, 0.717) is 47.4 Å². The molecule has 0 unspecified atom stereocenters. The van der Waals surface area contributed by atoms with Crippen LogP contribution < -0.4 is 5.32 Å². The first-order valence-corrected chi connectivity index (χ1v) is 12.5. The number of aryl methyl sites for hydroxylation is 1. The fourth-order valence-electron chi connectivity index (χ4n) is 3.91. The molecule has 0 spiro atoms. The first-order valence-electron chi connectivity index (χ1n) is 11.1. The van der Waals surface area contributed by atoms with Crippen molar-refractivity contribution < 1.29 is 13.2 Å². The lowest BCUT2D eigenvalue weighted by atomic mass is 10.0. The van der Waals surface area contributed by atoms with Crippen LogP contribution in [0.15, 0.2) is 29.2 Å². The van der Waals surface area contributed by atoms with E-state index >= 15 is 0 Å². The zero-order valence-corrected chi connectivity index (χ0v) is 20.0. The van der Waals surface area contributed by atoms with Crippen molar-refractivity contribution in [3.05, 3.63) is 46.8 Å². The lowest BCUT2D eigenvalue weighted by Crippen LogP contribution is -2.38. The number of hydrogen-bond donors (Lipinski definition) is 1. The Morgan fingerprint density at radius 1 is 1.19 bits per heavy atom. The average molecular weight is 447 g/mol. The molecular weight excluding hydrogens is 412 g/mol. The number of benzene rings is 1. The number of nitrogens with zero attached hydrogens (tertiary/aromatic N) is 3. The molecule has 7 nitrogen and oxygen atoms in total. The van der Waals surface area contributed by atoms with Crippen molar-refractivity contribution in [3.63, 3.8) is 0 Å². The fraction of sp³-hybridized carbons (Fsp3) is 0.565. The molecule has 170 valence electrons. The topological polar surface area (TPSA) is 84.3 Å². The zero-order chi connectivity index (χ0) is 22.8. The van der Waals surface area contributed by atoms with Crippen molar-refractivity contribution in [2.24, 2.45) is 5.92 Å². The van der Waals surface area contributed by atoms with Gasteiger partial charge in [-0.15, -0.1) is 0 Å². The number of carbonyl (C=O) groups is 1. The van der Waals surface area contributed by atoms with Crippen LogP contribution in [0.5, 0.6) is 0 Å². The highest BCUT2D eigenvalue weighted by Crippen LogP contribution is 2.28. The van der Waals surface area contributed by atoms with Gasteiger partial charge in [0.1, 0.15) is 4.90 Å². The van der Waals surface area contributed by atoms with Crippen molar-refractivity contribution in [2.45, 2.75) is 71.4 Å². The summed E-state index contributed by atoms with van der Waals surface area (Å²) in [5.74, 6) is 0.475. The van der Waals surface area contributed by atoms with Gasteiger partial charge in [0, 0.05) is 24.7 Å². The van der Waals surface area contributed by atoms with E-state index in [0.717, 1.165) is 24.8 Å². The number of rotatable bonds is 7. The summed E-state index contributed by atoms with van der Waals surface area (Å²) in [5, 5.41) is 7.48. The van der Waals surface area contributed by atoms with Gasteiger partial charge < -0.3 is 5.32 Å². The predicted molar refractivity (Wildman–Crippen MR) is 122 cm³/mol. The van der Waals surface area contributed by atoms with Crippen LogP contribution in [0.1, 0.15) is 67.3 Å². The second kappa shape index (κ2) is 9.53. The molecule has 3 rings (SSSR count). The molecule has 0 bridgehead atoms. The van der Waals surface area contributed by atoms with E-state index in [2.05, 4.69) is 17.3 Å². The SMILES string of the molecule is CC[C@H](C)NC(=O)c1ccc(Cn2nc(C)c(S(=O)(=O)N3CCC(C)CC3)c2C)cc1. The molecule has 2 aromatic rings. The fourth-order valence-corrected chi connectivity index (χ4v) is 5.75. The molecule has 0 aliphatic carbocycles. The van der Waals surface area contributed by atoms with Crippen LogP contribution in [-0.2, 0) is 16.6 Å². The van der Waals surface area contributed by atoms with Crippen LogP contribution >= 0.6 is 0 Å². The second-order valence-electron chi connectivity index (χ2n) is 8.72.